The second-order valence-electron chi connectivity index (χ2n) is 3.39. The molecule has 80 valence electrons. The van der Waals surface area contributed by atoms with Gasteiger partial charge in [-0.15, -0.1) is 11.3 Å². The summed E-state index contributed by atoms with van der Waals surface area (Å²) in [5.41, 5.74) is 0.934. The van der Waals surface area contributed by atoms with Crippen molar-refractivity contribution in [3.05, 3.63) is 58.1 Å². The second-order valence-corrected chi connectivity index (χ2v) is 4.68. The van der Waals surface area contributed by atoms with E-state index in [-0.39, 0.29) is 5.78 Å². The molecule has 0 atom stereocenters. The molecular formula is C13H11NOS. The van der Waals surface area contributed by atoms with Gasteiger partial charge in [0.05, 0.1) is 4.88 Å². The Hall–Kier alpha value is -1.74. The first-order valence-corrected chi connectivity index (χ1v) is 5.76. The van der Waals surface area contributed by atoms with Gasteiger partial charge in [-0.05, 0) is 42.8 Å². The summed E-state index contributed by atoms with van der Waals surface area (Å²) < 4.78 is 0. The summed E-state index contributed by atoms with van der Waals surface area (Å²) in [6.07, 6.45) is 6.80. The summed E-state index contributed by atoms with van der Waals surface area (Å²) in [5, 5.41) is 0. The minimum atomic E-state index is 0.0435. The van der Waals surface area contributed by atoms with Crippen LogP contribution >= 0.6 is 11.3 Å². The van der Waals surface area contributed by atoms with Crippen molar-refractivity contribution in [1.82, 2.24) is 4.98 Å². The summed E-state index contributed by atoms with van der Waals surface area (Å²) in [6, 6.07) is 7.57. The minimum Gasteiger partial charge on any atom is -0.288 e. The Labute approximate surface area is 98.3 Å². The fourth-order valence-electron chi connectivity index (χ4n) is 1.30. The van der Waals surface area contributed by atoms with Crippen LogP contribution in [0.2, 0.25) is 0 Å². The molecule has 0 aliphatic carbocycles. The van der Waals surface area contributed by atoms with Gasteiger partial charge in [-0.3, -0.25) is 9.78 Å². The monoisotopic (exact) mass is 229 g/mol. The third-order valence-electron chi connectivity index (χ3n) is 2.09. The molecule has 0 saturated carbocycles. The van der Waals surface area contributed by atoms with Crippen molar-refractivity contribution in [2.45, 2.75) is 6.92 Å². The molecule has 0 aliphatic rings. The molecule has 0 amide bonds. The van der Waals surface area contributed by atoms with Crippen LogP contribution in [0.3, 0.4) is 0 Å². The lowest BCUT2D eigenvalue weighted by Gasteiger charge is -1.90. The average Bonchev–Trinajstić information content (AvgIpc) is 2.74. The van der Waals surface area contributed by atoms with Gasteiger partial charge in [-0.2, -0.15) is 0 Å². The molecule has 0 fully saturated rings. The molecule has 2 heterocycles. The maximum absolute atomic E-state index is 11.7. The first-order chi connectivity index (χ1) is 7.75. The quantitative estimate of drug-likeness (QED) is 0.596. The number of carbonyl (C=O) groups excluding carboxylic acids is 1. The van der Waals surface area contributed by atoms with Crippen LogP contribution in [0.5, 0.6) is 0 Å². The first kappa shape index (κ1) is 10.8. The zero-order chi connectivity index (χ0) is 11.4. The Morgan fingerprint density at radius 1 is 1.38 bits per heavy atom. The zero-order valence-corrected chi connectivity index (χ0v) is 9.70. The molecule has 0 unspecified atom stereocenters. The summed E-state index contributed by atoms with van der Waals surface area (Å²) in [7, 11) is 0. The maximum Gasteiger partial charge on any atom is 0.195 e. The number of hydrogen-bond acceptors (Lipinski definition) is 3. The Kier molecular flexibility index (Phi) is 3.27. The molecule has 2 aromatic heterocycles. The highest BCUT2D eigenvalue weighted by atomic mass is 32.1. The Balaban J connectivity index is 2.11. The van der Waals surface area contributed by atoms with E-state index in [4.69, 9.17) is 0 Å². The van der Waals surface area contributed by atoms with E-state index in [1.807, 2.05) is 31.2 Å². The maximum atomic E-state index is 11.7. The van der Waals surface area contributed by atoms with E-state index in [1.54, 1.807) is 24.5 Å². The van der Waals surface area contributed by atoms with Gasteiger partial charge in [0, 0.05) is 17.3 Å². The molecule has 0 radical (unpaired) electrons. The Morgan fingerprint density at radius 3 is 2.88 bits per heavy atom. The molecule has 0 aromatic carbocycles. The SMILES string of the molecule is Cc1ccc(C(=O)C=Cc2cccnc2)s1. The molecule has 3 heteroatoms. The van der Waals surface area contributed by atoms with E-state index < -0.39 is 0 Å². The average molecular weight is 229 g/mol. The summed E-state index contributed by atoms with van der Waals surface area (Å²) in [4.78, 5) is 17.6. The van der Waals surface area contributed by atoms with Crippen molar-refractivity contribution in [1.29, 1.82) is 0 Å². The molecule has 2 nitrogen and oxygen atoms in total. The third-order valence-corrected chi connectivity index (χ3v) is 3.11. The number of carbonyl (C=O) groups is 1. The van der Waals surface area contributed by atoms with Crippen LogP contribution in [0.4, 0.5) is 0 Å². The van der Waals surface area contributed by atoms with Crippen molar-refractivity contribution in [2.75, 3.05) is 0 Å². The van der Waals surface area contributed by atoms with Crippen molar-refractivity contribution in [3.8, 4) is 0 Å². The van der Waals surface area contributed by atoms with E-state index in [1.165, 1.54) is 11.3 Å². The number of pyridine rings is 1. The number of rotatable bonds is 3. The van der Waals surface area contributed by atoms with Crippen LogP contribution in [0.25, 0.3) is 6.08 Å². The summed E-state index contributed by atoms with van der Waals surface area (Å²) in [5.74, 6) is 0.0435. The Morgan fingerprint density at radius 2 is 2.25 bits per heavy atom. The van der Waals surface area contributed by atoms with E-state index in [0.29, 0.717) is 0 Å². The lowest BCUT2D eigenvalue weighted by atomic mass is 10.2. The van der Waals surface area contributed by atoms with Gasteiger partial charge in [0.15, 0.2) is 5.78 Å². The molecular weight excluding hydrogens is 218 g/mol. The number of aromatic nitrogens is 1. The highest BCUT2D eigenvalue weighted by Gasteiger charge is 2.03. The molecule has 16 heavy (non-hydrogen) atoms. The van der Waals surface area contributed by atoms with Crippen molar-refractivity contribution >= 4 is 23.2 Å². The Bertz CT molecular complexity index is 514. The highest BCUT2D eigenvalue weighted by molar-refractivity contribution is 7.14. The molecule has 0 bridgehead atoms. The number of hydrogen-bond donors (Lipinski definition) is 0. The lowest BCUT2D eigenvalue weighted by molar-refractivity contribution is 0.105. The van der Waals surface area contributed by atoms with E-state index >= 15 is 0 Å². The molecule has 0 spiro atoms. The summed E-state index contributed by atoms with van der Waals surface area (Å²) in [6.45, 7) is 1.99. The number of ketones is 1. The standard InChI is InChI=1S/C13H11NOS/c1-10-4-7-13(16-10)12(15)6-5-11-3-2-8-14-9-11/h2-9H,1H3. The zero-order valence-electron chi connectivity index (χ0n) is 8.88. The normalized spacial score (nSPS) is 10.8. The van der Waals surface area contributed by atoms with Crippen LogP contribution in [0.1, 0.15) is 20.1 Å². The number of aryl methyl sites for hydroxylation is 1. The van der Waals surface area contributed by atoms with Crippen LogP contribution in [0, 0.1) is 6.92 Å². The van der Waals surface area contributed by atoms with Gasteiger partial charge in [0.25, 0.3) is 0 Å². The van der Waals surface area contributed by atoms with Crippen LogP contribution in [-0.2, 0) is 0 Å². The van der Waals surface area contributed by atoms with Crippen LogP contribution in [-0.4, -0.2) is 10.8 Å². The minimum absolute atomic E-state index is 0.0435. The van der Waals surface area contributed by atoms with Gasteiger partial charge in [-0.1, -0.05) is 6.07 Å². The van der Waals surface area contributed by atoms with Gasteiger partial charge in [0.1, 0.15) is 0 Å². The van der Waals surface area contributed by atoms with Gasteiger partial charge in [-0.25, -0.2) is 0 Å². The van der Waals surface area contributed by atoms with Crippen molar-refractivity contribution < 1.29 is 4.79 Å². The third kappa shape index (κ3) is 2.64. The lowest BCUT2D eigenvalue weighted by Crippen LogP contribution is -1.88. The topological polar surface area (TPSA) is 30.0 Å². The van der Waals surface area contributed by atoms with Gasteiger partial charge in [0.2, 0.25) is 0 Å². The molecule has 2 rings (SSSR count). The van der Waals surface area contributed by atoms with Crippen LogP contribution < -0.4 is 0 Å². The predicted molar refractivity (Wildman–Crippen MR) is 66.7 cm³/mol. The van der Waals surface area contributed by atoms with E-state index in [0.717, 1.165) is 15.3 Å². The molecule has 0 saturated heterocycles. The molecule has 0 N–H and O–H groups in total. The number of allylic oxidation sites excluding steroid dienone is 1. The van der Waals surface area contributed by atoms with Gasteiger partial charge < -0.3 is 0 Å². The van der Waals surface area contributed by atoms with Crippen molar-refractivity contribution in [3.63, 3.8) is 0 Å². The van der Waals surface area contributed by atoms with E-state index in [9.17, 15) is 4.79 Å². The first-order valence-electron chi connectivity index (χ1n) is 4.94. The smallest absolute Gasteiger partial charge is 0.195 e. The van der Waals surface area contributed by atoms with Gasteiger partial charge >= 0.3 is 0 Å². The molecule has 2 aromatic rings. The number of thiophene rings is 1. The molecule has 0 aliphatic heterocycles. The fraction of sp³-hybridized carbons (Fsp3) is 0.0769. The van der Waals surface area contributed by atoms with Crippen LogP contribution in [0.15, 0.2) is 42.7 Å². The number of nitrogens with zero attached hydrogens (tertiary/aromatic N) is 1. The largest absolute Gasteiger partial charge is 0.288 e. The highest BCUT2D eigenvalue weighted by Crippen LogP contribution is 2.16. The van der Waals surface area contributed by atoms with E-state index in [2.05, 4.69) is 4.98 Å². The fourth-order valence-corrected chi connectivity index (χ4v) is 2.08. The summed E-state index contributed by atoms with van der Waals surface area (Å²) >= 11 is 1.51. The predicted octanol–water partition coefficient (Wildman–Crippen LogP) is 3.35. The van der Waals surface area contributed by atoms with Crippen molar-refractivity contribution in [2.24, 2.45) is 0 Å². The second kappa shape index (κ2) is 4.86.